The summed E-state index contributed by atoms with van der Waals surface area (Å²) in [4.78, 5) is 27.6. The minimum atomic E-state index is -1.83. The molecule has 0 spiro atoms. The average Bonchev–Trinajstić information content (AvgIpc) is 0.782. The zero-order valence-corrected chi connectivity index (χ0v) is 72.1. The number of hydrogen-bond acceptors (Lipinski definition) is 38. The first-order valence-electron chi connectivity index (χ1n) is 41.6. The van der Waals surface area contributed by atoms with Gasteiger partial charge in [-0.25, -0.2) is 0 Å². The van der Waals surface area contributed by atoms with Crippen molar-refractivity contribution in [2.75, 3.05) is 112 Å². The van der Waals surface area contributed by atoms with Crippen molar-refractivity contribution in [2.45, 2.75) is 229 Å². The van der Waals surface area contributed by atoms with E-state index in [1.54, 1.807) is 0 Å². The van der Waals surface area contributed by atoms with Crippen LogP contribution in [0.2, 0.25) is 0 Å². The molecule has 20 atom stereocenters. The number of hydrogen-bond donors (Lipinski definition) is 24. The molecular weight excluding hydrogens is 1660 g/mol. The molecule has 4 fully saturated rings. The second-order valence-electron chi connectivity index (χ2n) is 32.9. The molecule has 1 aliphatic carbocycles. The molecule has 42 heteroatoms. The van der Waals surface area contributed by atoms with Gasteiger partial charge in [-0.15, -0.1) is 0 Å². The van der Waals surface area contributed by atoms with Crippen LogP contribution < -0.4 is 72.9 Å². The average molecular weight is 1780 g/mol. The van der Waals surface area contributed by atoms with Gasteiger partial charge in [0.25, 0.3) is 0 Å². The molecule has 0 unspecified atom stereocenters. The normalized spacial score (nSPS) is 27.1. The fourth-order valence-electron chi connectivity index (χ4n) is 14.9. The molecule has 4 aliphatic heterocycles. The topological polar surface area (TPSA) is 601 Å². The summed E-state index contributed by atoms with van der Waals surface area (Å²) in [6.07, 6.45) is -27.7. The van der Waals surface area contributed by atoms with Crippen molar-refractivity contribution in [3.05, 3.63) is 105 Å². The number of thiocarbonyl (C=S) groups is 2. The van der Waals surface area contributed by atoms with E-state index in [1.165, 1.54) is 0 Å². The van der Waals surface area contributed by atoms with Crippen molar-refractivity contribution in [3.63, 3.8) is 0 Å². The number of fused-ring (bicyclic) bond motifs is 8. The molecule has 124 heavy (non-hydrogen) atoms. The van der Waals surface area contributed by atoms with Gasteiger partial charge in [-0.3, -0.25) is 0 Å². The molecule has 4 aromatic carbocycles. The number of ether oxygens (including phenoxy) is 10. The van der Waals surface area contributed by atoms with Crippen LogP contribution in [0.4, 0.5) is 47.1 Å². The lowest BCUT2D eigenvalue weighted by molar-refractivity contribution is -0.342. The highest BCUT2D eigenvalue weighted by molar-refractivity contribution is 7.80. The van der Waals surface area contributed by atoms with E-state index < -0.39 is 160 Å². The molecule has 5 aliphatic rings. The summed E-state index contributed by atoms with van der Waals surface area (Å²) in [5, 5.41) is 173. The molecule has 0 saturated carbocycles. The number of nitrogens with zero attached hydrogens (tertiary/aromatic N) is 6. The Balaban J connectivity index is 0.809. The Labute approximate surface area is 728 Å². The third-order valence-electron chi connectivity index (χ3n) is 21.4. The van der Waals surface area contributed by atoms with E-state index in [2.05, 4.69) is 114 Å². The van der Waals surface area contributed by atoms with Gasteiger partial charge in [0.1, 0.15) is 121 Å². The molecule has 4 saturated heterocycles. The fraction of sp³-hybridized carbons (Fsp3) is 0.610. The predicted molar refractivity (Wildman–Crippen MR) is 460 cm³/mol. The van der Waals surface area contributed by atoms with Crippen molar-refractivity contribution in [2.24, 2.45) is 10.8 Å². The van der Waals surface area contributed by atoms with Crippen LogP contribution in [0, 0.1) is 10.8 Å². The number of aromatic nitrogens is 6. The largest absolute Gasteiger partial charge is 0.493 e. The first-order valence-corrected chi connectivity index (χ1v) is 42.5. The molecule has 11 rings (SSSR count). The van der Waals surface area contributed by atoms with Gasteiger partial charge in [-0.2, -0.15) is 29.9 Å². The summed E-state index contributed by atoms with van der Waals surface area (Å²) in [7, 11) is 0. The number of nitrogens with one attached hydrogen (secondary N) is 8. The second-order valence-corrected chi connectivity index (χ2v) is 33.7. The Morgan fingerprint density at radius 1 is 0.395 bits per heavy atom. The third-order valence-corrected chi connectivity index (χ3v) is 22.0. The Morgan fingerprint density at radius 2 is 0.702 bits per heavy atom. The van der Waals surface area contributed by atoms with Gasteiger partial charge < -0.3 is 173 Å². The molecule has 8 bridgehead atoms. The van der Waals surface area contributed by atoms with E-state index in [9.17, 15) is 71.5 Å². The van der Waals surface area contributed by atoms with Gasteiger partial charge in [0.2, 0.25) is 35.7 Å². The van der Waals surface area contributed by atoms with Crippen molar-refractivity contribution >= 4 is 81.7 Å². The maximum Gasteiger partial charge on any atom is 0.233 e. The molecular formula is C82H120N16O24S2. The quantitative estimate of drug-likeness (QED) is 0.0222. The second kappa shape index (κ2) is 43.8. The highest BCUT2D eigenvalue weighted by Gasteiger charge is 2.53. The number of aliphatic hydroxyl groups excluding tert-OH is 14. The highest BCUT2D eigenvalue weighted by atomic mass is 32.1. The standard InChI is InChI=1S/C82H120N16O24S2/c1-9-19-113-63-39-15-13-16-40(63)24-44-28-48(90-78-96-74(84)94-76(98-78)86-36-82(7,8)38-88-80(124)92-70-60(110)58(108)68(52(34-102)118-70)122-72-62(112)56(106)54(104)50(32-100)120-72)30-46(66(44)116-22-12-4)26-42-18-14-17-41(64(42)114-20-10-2)25-45-29-47(27-43(23-39)65(45)115-21-11-3)89-77-95-73(83)93-75(97-77)85-35-81(5,6)37-87-79(123)91-69-59(109)57(107)67(51(33-101)117-69)121-71-61(111)55(105)53(103)49(31-99)119-71/h13-18,27-30,49-62,67-72,99-112H,9-12,19-26,31-38H2,1-8H3,(H2,87,91,123)(H2,88,92,124)(H4,83,85,89,93,95,97)(H4,84,86,90,94,96,98)/t49-,50-,51-,52-,53-,54-,55+,56+,57-,58-,59-,60-,61-,62-,67-,68-,69-,70-,71+,72+/m1/s1. The zero-order valence-electron chi connectivity index (χ0n) is 70.5. The van der Waals surface area contributed by atoms with Crippen LogP contribution in [0.3, 0.4) is 0 Å². The Bertz CT molecular complexity index is 4150. The van der Waals surface area contributed by atoms with Crippen LogP contribution in [0.5, 0.6) is 23.0 Å². The zero-order chi connectivity index (χ0) is 89.4. The van der Waals surface area contributed by atoms with Crippen molar-refractivity contribution in [1.82, 2.24) is 51.2 Å². The van der Waals surface area contributed by atoms with Crippen LogP contribution in [-0.2, 0) is 54.1 Å². The molecule has 684 valence electrons. The van der Waals surface area contributed by atoms with Gasteiger partial charge in [0, 0.05) is 85.5 Å². The van der Waals surface area contributed by atoms with Crippen LogP contribution in [0.25, 0.3) is 0 Å². The maximum absolute atomic E-state index is 11.2. The van der Waals surface area contributed by atoms with Gasteiger partial charge in [-0.1, -0.05) is 91.8 Å². The Hall–Kier alpha value is -8.52. The van der Waals surface area contributed by atoms with Gasteiger partial charge in [-0.05, 0) is 107 Å². The molecule has 6 heterocycles. The summed E-state index contributed by atoms with van der Waals surface area (Å²) in [5.41, 5.74) is 19.8. The molecule has 6 aromatic rings. The summed E-state index contributed by atoms with van der Waals surface area (Å²) < 4.78 is 61.6. The fourth-order valence-corrected chi connectivity index (χ4v) is 15.3. The summed E-state index contributed by atoms with van der Waals surface area (Å²) in [6, 6.07) is 20.3. The molecule has 2 aromatic heterocycles. The van der Waals surface area contributed by atoms with E-state index in [4.69, 9.17) is 93.2 Å². The number of anilines is 8. The van der Waals surface area contributed by atoms with Crippen molar-refractivity contribution in [1.29, 1.82) is 0 Å². The third kappa shape index (κ3) is 24.2. The van der Waals surface area contributed by atoms with Crippen molar-refractivity contribution in [3.8, 4) is 23.0 Å². The highest BCUT2D eigenvalue weighted by Crippen LogP contribution is 2.43. The first-order chi connectivity index (χ1) is 59.3. The van der Waals surface area contributed by atoms with E-state index in [0.29, 0.717) is 112 Å². The number of para-hydroxylation sites is 2. The summed E-state index contributed by atoms with van der Waals surface area (Å²) in [5.74, 6) is 3.17. The first kappa shape index (κ1) is 96.1. The van der Waals surface area contributed by atoms with Crippen LogP contribution >= 0.6 is 24.4 Å². The summed E-state index contributed by atoms with van der Waals surface area (Å²) in [6.45, 7) is 15.6. The SMILES string of the molecule is CCCOc1c2cccc1Cc1cc(Nc3nc(N)nc(NCC(C)(C)CNC(=S)N[C@@H]4O[C@H](CO)[C@@H](O[C@@H]5O[C@H](CO)[C@@H](O)[C@H](O)[C@H]5O)[C@H](O)[C@H]4O)n3)cc(c1OCCC)Cc1cccc(c1OCCC)Cc1cc(Nc3nc(N)nc(NCC(C)(C)CNC(=S)N[C@@H]4O[C@H](CO)[C@@H](O[C@@H]5O[C@H](CO)[C@@H](O)[C@H](O)[C@H]5O)[C@H](O)[C@H]4O)n3)cc(c1OCCC)C2. The lowest BCUT2D eigenvalue weighted by Crippen LogP contribution is -2.67. The molecule has 40 nitrogen and oxygen atoms in total. The maximum atomic E-state index is 11.2. The predicted octanol–water partition coefficient (Wildman–Crippen LogP) is -0.407. The van der Waals surface area contributed by atoms with E-state index in [1.807, 2.05) is 64.1 Å². The Kier molecular flexibility index (Phi) is 33.9. The molecule has 26 N–H and O–H groups in total. The number of nitrogens with two attached hydrogens (primary N) is 2. The van der Waals surface area contributed by atoms with Gasteiger partial charge in [0.05, 0.1) is 52.9 Å². The van der Waals surface area contributed by atoms with E-state index >= 15 is 0 Å². The minimum Gasteiger partial charge on any atom is -0.493 e. The van der Waals surface area contributed by atoms with Crippen LogP contribution in [0.1, 0.15) is 126 Å². The van der Waals surface area contributed by atoms with Crippen molar-refractivity contribution < 1.29 is 119 Å². The van der Waals surface area contributed by atoms with Gasteiger partial charge >= 0.3 is 0 Å². The Morgan fingerprint density at radius 3 is 1.01 bits per heavy atom. The van der Waals surface area contributed by atoms with Crippen LogP contribution in [0.15, 0.2) is 60.7 Å². The number of aliphatic hydroxyl groups is 14. The molecule has 0 amide bonds. The number of nitrogen functional groups attached to an aromatic ring is 2. The summed E-state index contributed by atoms with van der Waals surface area (Å²) >= 11 is 11.2. The van der Waals surface area contributed by atoms with Crippen LogP contribution in [-0.4, -0.2) is 313 Å². The lowest BCUT2D eigenvalue weighted by atomic mass is 9.90. The monoisotopic (exact) mass is 1780 g/mol. The smallest absolute Gasteiger partial charge is 0.233 e. The van der Waals surface area contributed by atoms with E-state index in [-0.39, 0.29) is 72.1 Å². The molecule has 0 radical (unpaired) electrons. The van der Waals surface area contributed by atoms with Gasteiger partial charge in [0.15, 0.2) is 35.3 Å². The van der Waals surface area contributed by atoms with E-state index in [0.717, 1.165) is 44.5 Å². The number of benzene rings is 4. The number of rotatable bonds is 36. The lowest BCUT2D eigenvalue weighted by Gasteiger charge is -2.46. The minimum absolute atomic E-state index is 0.0140.